The van der Waals surface area contributed by atoms with E-state index < -0.39 is 5.97 Å². The summed E-state index contributed by atoms with van der Waals surface area (Å²) in [5.41, 5.74) is 2.45. The van der Waals surface area contributed by atoms with Gasteiger partial charge in [-0.05, 0) is 46.2 Å². The number of nitrogens with zero attached hydrogens (tertiary/aromatic N) is 4. The summed E-state index contributed by atoms with van der Waals surface area (Å²) >= 11 is 0. The van der Waals surface area contributed by atoms with Gasteiger partial charge < -0.3 is 14.5 Å². The van der Waals surface area contributed by atoms with E-state index in [9.17, 15) is 9.59 Å². The van der Waals surface area contributed by atoms with Crippen LogP contribution in [0.25, 0.3) is 5.82 Å². The molecule has 0 aliphatic carbocycles. The number of aromatic nitrogens is 2. The Hall–Kier alpha value is -2.61. The van der Waals surface area contributed by atoms with Crippen LogP contribution in [0.5, 0.6) is 0 Å². The van der Waals surface area contributed by atoms with Crippen molar-refractivity contribution in [1.82, 2.24) is 19.5 Å². The van der Waals surface area contributed by atoms with Crippen LogP contribution in [0.3, 0.4) is 0 Å². The van der Waals surface area contributed by atoms with Crippen molar-refractivity contribution >= 4 is 11.9 Å². The molecule has 0 radical (unpaired) electrons. The Balaban J connectivity index is 1.71. The molecule has 3 heterocycles. The van der Waals surface area contributed by atoms with E-state index in [2.05, 4.69) is 5.16 Å². The molecule has 1 fully saturated rings. The maximum atomic E-state index is 13.1. The zero-order valence-corrected chi connectivity index (χ0v) is 16.9. The van der Waals surface area contributed by atoms with Crippen molar-refractivity contribution in [3.63, 3.8) is 0 Å². The van der Waals surface area contributed by atoms with Gasteiger partial charge in [0.1, 0.15) is 5.76 Å². The minimum Gasteiger partial charge on any atom is -0.480 e. The smallest absolute Gasteiger partial charge is 0.317 e. The number of likely N-dealkylation sites (tertiary alicyclic amines) is 1. The molecule has 152 valence electrons. The first-order chi connectivity index (χ1) is 13.3. The van der Waals surface area contributed by atoms with Gasteiger partial charge >= 0.3 is 5.97 Å². The van der Waals surface area contributed by atoms with Gasteiger partial charge in [-0.15, -0.1) is 0 Å². The number of carbonyl (C=O) groups excluding carboxylic acids is 1. The fourth-order valence-electron chi connectivity index (χ4n) is 4.07. The van der Waals surface area contributed by atoms with Gasteiger partial charge in [-0.2, -0.15) is 0 Å². The highest BCUT2D eigenvalue weighted by molar-refractivity contribution is 5.96. The molecule has 1 aliphatic rings. The summed E-state index contributed by atoms with van der Waals surface area (Å²) in [7, 11) is 0. The van der Waals surface area contributed by atoms with E-state index in [-0.39, 0.29) is 18.5 Å². The molecule has 28 heavy (non-hydrogen) atoms. The highest BCUT2D eigenvalue weighted by Crippen LogP contribution is 2.24. The Morgan fingerprint density at radius 2 is 1.93 bits per heavy atom. The van der Waals surface area contributed by atoms with Crippen LogP contribution in [0.15, 0.2) is 16.7 Å². The van der Waals surface area contributed by atoms with Crippen molar-refractivity contribution in [2.24, 2.45) is 0 Å². The number of aryl methyl sites for hydroxylation is 2. The lowest BCUT2D eigenvalue weighted by Gasteiger charge is -2.37. The quantitative estimate of drug-likeness (QED) is 0.817. The molecule has 1 N–H and O–H groups in total. The van der Waals surface area contributed by atoms with Crippen LogP contribution in [0, 0.1) is 20.8 Å². The summed E-state index contributed by atoms with van der Waals surface area (Å²) in [5.74, 6) is 0.604. The molecule has 8 heteroatoms. The van der Waals surface area contributed by atoms with E-state index in [1.54, 1.807) is 0 Å². The van der Waals surface area contributed by atoms with Gasteiger partial charge in [0.15, 0.2) is 5.82 Å². The first kappa shape index (κ1) is 20.1. The largest absolute Gasteiger partial charge is 0.480 e. The van der Waals surface area contributed by atoms with E-state index in [0.29, 0.717) is 31.0 Å². The van der Waals surface area contributed by atoms with Crippen LogP contribution in [0.1, 0.15) is 47.3 Å². The molecule has 2 aromatic heterocycles. The van der Waals surface area contributed by atoms with E-state index >= 15 is 0 Å². The number of amides is 1. The van der Waals surface area contributed by atoms with Gasteiger partial charge in [0.05, 0.1) is 12.1 Å². The number of rotatable bonds is 6. The summed E-state index contributed by atoms with van der Waals surface area (Å²) < 4.78 is 7.11. The van der Waals surface area contributed by atoms with Crippen molar-refractivity contribution in [2.75, 3.05) is 26.2 Å². The lowest BCUT2D eigenvalue weighted by atomic mass is 10.0. The summed E-state index contributed by atoms with van der Waals surface area (Å²) in [4.78, 5) is 28.0. The molecule has 0 unspecified atom stereocenters. The van der Waals surface area contributed by atoms with Gasteiger partial charge in [0, 0.05) is 36.6 Å². The Kier molecular flexibility index (Phi) is 5.88. The fourth-order valence-corrected chi connectivity index (χ4v) is 4.07. The second-order valence-electron chi connectivity index (χ2n) is 7.40. The van der Waals surface area contributed by atoms with E-state index in [1.165, 1.54) is 0 Å². The van der Waals surface area contributed by atoms with E-state index in [1.807, 2.05) is 54.2 Å². The standard InChI is InChI=1S/C20H28N4O4/c1-5-22(12-19(25)26)16-6-8-23(9-7-16)20(27)17-10-13(2)24(15(17)4)18-11-14(3)28-21-18/h10-11,16H,5-9,12H2,1-4H3,(H,25,26). The number of carbonyl (C=O) groups is 2. The van der Waals surface area contributed by atoms with Crippen LogP contribution in [-0.4, -0.2) is 68.7 Å². The highest BCUT2D eigenvalue weighted by atomic mass is 16.5. The van der Waals surface area contributed by atoms with Gasteiger partial charge in [-0.3, -0.25) is 19.1 Å². The molecule has 0 atom stereocenters. The number of carboxylic acid groups (broad SMARTS) is 1. The topological polar surface area (TPSA) is 91.8 Å². The monoisotopic (exact) mass is 388 g/mol. The minimum atomic E-state index is -0.809. The number of piperidine rings is 1. The third-order valence-electron chi connectivity index (χ3n) is 5.52. The lowest BCUT2D eigenvalue weighted by Crippen LogP contribution is -2.48. The van der Waals surface area contributed by atoms with Gasteiger partial charge in [0.2, 0.25) is 0 Å². The third kappa shape index (κ3) is 3.96. The van der Waals surface area contributed by atoms with Crippen molar-refractivity contribution in [2.45, 2.75) is 46.6 Å². The van der Waals surface area contributed by atoms with Crippen LogP contribution in [-0.2, 0) is 4.79 Å². The molecule has 3 rings (SSSR count). The molecule has 1 saturated heterocycles. The summed E-state index contributed by atoms with van der Waals surface area (Å²) in [6.07, 6.45) is 1.57. The molecule has 0 saturated carbocycles. The number of aliphatic carboxylic acids is 1. The number of hydrogen-bond acceptors (Lipinski definition) is 5. The average Bonchev–Trinajstić information content (AvgIpc) is 3.21. The summed E-state index contributed by atoms with van der Waals surface area (Å²) in [5, 5.41) is 13.1. The van der Waals surface area contributed by atoms with Crippen molar-refractivity contribution in [3.05, 3.63) is 34.8 Å². The zero-order valence-electron chi connectivity index (χ0n) is 16.9. The molecular formula is C20H28N4O4. The number of hydrogen-bond donors (Lipinski definition) is 1. The molecule has 8 nitrogen and oxygen atoms in total. The highest BCUT2D eigenvalue weighted by Gasteiger charge is 2.29. The zero-order chi connectivity index (χ0) is 20.4. The Bertz CT molecular complexity index is 862. The predicted octanol–water partition coefficient (Wildman–Crippen LogP) is 2.40. The normalized spacial score (nSPS) is 15.4. The van der Waals surface area contributed by atoms with E-state index in [0.717, 1.165) is 30.0 Å². The van der Waals surface area contributed by atoms with Crippen LogP contribution in [0.2, 0.25) is 0 Å². The van der Waals surface area contributed by atoms with Crippen molar-refractivity contribution in [3.8, 4) is 5.82 Å². The lowest BCUT2D eigenvalue weighted by molar-refractivity contribution is -0.139. The maximum Gasteiger partial charge on any atom is 0.317 e. The van der Waals surface area contributed by atoms with Crippen LogP contribution >= 0.6 is 0 Å². The molecule has 0 spiro atoms. The van der Waals surface area contributed by atoms with Gasteiger partial charge in [0.25, 0.3) is 5.91 Å². The average molecular weight is 388 g/mol. The fraction of sp³-hybridized carbons (Fsp3) is 0.550. The van der Waals surface area contributed by atoms with E-state index in [4.69, 9.17) is 9.63 Å². The Morgan fingerprint density at radius 3 is 2.46 bits per heavy atom. The maximum absolute atomic E-state index is 13.1. The second kappa shape index (κ2) is 8.18. The SMILES string of the molecule is CCN(CC(=O)O)C1CCN(C(=O)c2cc(C)n(-c3cc(C)on3)c2C)CC1. The Morgan fingerprint density at radius 1 is 1.25 bits per heavy atom. The minimum absolute atomic E-state index is 0.0132. The molecule has 2 aromatic rings. The predicted molar refractivity (Wildman–Crippen MR) is 104 cm³/mol. The number of carboxylic acids is 1. The van der Waals surface area contributed by atoms with Gasteiger partial charge in [-0.25, -0.2) is 0 Å². The summed E-state index contributed by atoms with van der Waals surface area (Å²) in [6.45, 7) is 9.69. The second-order valence-corrected chi connectivity index (χ2v) is 7.40. The molecule has 0 bridgehead atoms. The number of likely N-dealkylation sites (N-methyl/N-ethyl adjacent to an activating group) is 1. The van der Waals surface area contributed by atoms with Crippen molar-refractivity contribution < 1.29 is 19.2 Å². The molecule has 0 aromatic carbocycles. The molecule has 1 amide bonds. The van der Waals surface area contributed by atoms with Crippen LogP contribution < -0.4 is 0 Å². The van der Waals surface area contributed by atoms with Crippen molar-refractivity contribution in [1.29, 1.82) is 0 Å². The first-order valence-electron chi connectivity index (χ1n) is 9.69. The van der Waals surface area contributed by atoms with Gasteiger partial charge in [-0.1, -0.05) is 12.1 Å². The summed E-state index contributed by atoms with van der Waals surface area (Å²) in [6, 6.07) is 3.95. The molecular weight excluding hydrogens is 360 g/mol. The first-order valence-corrected chi connectivity index (χ1v) is 9.69. The Labute approximate surface area is 164 Å². The molecule has 1 aliphatic heterocycles. The third-order valence-corrected chi connectivity index (χ3v) is 5.52. The van der Waals surface area contributed by atoms with Crippen LogP contribution in [0.4, 0.5) is 0 Å².